The standard InChI is InChI=1S/C25H14Br2ClNO4/c26-24-14-5-1-2-6-15(14)25(27,17-8-4-3-7-16(17)24)20-19(24)21(30)29(22(20)31)12-9-10-18(28)13(11-12)23(32)33/h1-11,19-20H,(H,32,33)/p-1/t19-,20+,24?,25?. The number of imide groups is 1. The highest BCUT2D eigenvalue weighted by atomic mass is 79.9. The number of amides is 2. The number of carbonyl (C=O) groups excluding carboxylic acids is 3. The number of rotatable bonds is 2. The highest BCUT2D eigenvalue weighted by molar-refractivity contribution is 9.10. The Balaban J connectivity index is 1.62. The summed E-state index contributed by atoms with van der Waals surface area (Å²) in [6.45, 7) is 0. The number of halogens is 3. The van der Waals surface area contributed by atoms with Crippen molar-refractivity contribution >= 4 is 66.9 Å². The van der Waals surface area contributed by atoms with Crippen molar-refractivity contribution < 1.29 is 19.5 Å². The van der Waals surface area contributed by atoms with E-state index in [0.717, 1.165) is 27.2 Å². The Morgan fingerprint density at radius 2 is 1.24 bits per heavy atom. The van der Waals surface area contributed by atoms with Crippen LogP contribution in [0.3, 0.4) is 0 Å². The summed E-state index contributed by atoms with van der Waals surface area (Å²) in [5.41, 5.74) is 3.59. The molecule has 0 saturated carbocycles. The van der Waals surface area contributed by atoms with Crippen LogP contribution in [0.15, 0.2) is 66.7 Å². The van der Waals surface area contributed by atoms with Gasteiger partial charge in [0.25, 0.3) is 0 Å². The fraction of sp³-hybridized carbons (Fsp3) is 0.160. The summed E-state index contributed by atoms with van der Waals surface area (Å²) in [7, 11) is 0. The van der Waals surface area contributed by atoms with Gasteiger partial charge < -0.3 is 9.90 Å². The molecule has 2 bridgehead atoms. The van der Waals surface area contributed by atoms with E-state index >= 15 is 0 Å². The van der Waals surface area contributed by atoms with E-state index < -0.39 is 38.3 Å². The number of hydrogen-bond acceptors (Lipinski definition) is 4. The molecule has 2 atom stereocenters. The van der Waals surface area contributed by atoms with Crippen LogP contribution in [0.2, 0.25) is 5.02 Å². The number of aromatic carboxylic acids is 1. The van der Waals surface area contributed by atoms with Crippen LogP contribution in [-0.4, -0.2) is 17.8 Å². The number of alkyl halides is 2. The highest BCUT2D eigenvalue weighted by Gasteiger charge is 2.72. The van der Waals surface area contributed by atoms with E-state index in [1.165, 1.54) is 18.2 Å². The Morgan fingerprint density at radius 1 is 0.818 bits per heavy atom. The van der Waals surface area contributed by atoms with Crippen molar-refractivity contribution in [2.24, 2.45) is 11.8 Å². The van der Waals surface area contributed by atoms with Crippen molar-refractivity contribution in [2.75, 3.05) is 4.90 Å². The molecule has 3 aromatic carbocycles. The molecule has 33 heavy (non-hydrogen) atoms. The molecule has 164 valence electrons. The average molecular weight is 587 g/mol. The third kappa shape index (κ3) is 2.40. The van der Waals surface area contributed by atoms with Gasteiger partial charge in [-0.3, -0.25) is 9.59 Å². The molecule has 1 saturated heterocycles. The van der Waals surface area contributed by atoms with Gasteiger partial charge in [0.15, 0.2) is 0 Å². The van der Waals surface area contributed by atoms with Crippen LogP contribution in [0.25, 0.3) is 0 Å². The minimum absolute atomic E-state index is 0.0240. The molecule has 4 aliphatic rings. The summed E-state index contributed by atoms with van der Waals surface area (Å²) >= 11 is 13.9. The molecule has 5 nitrogen and oxygen atoms in total. The predicted molar refractivity (Wildman–Crippen MR) is 128 cm³/mol. The Morgan fingerprint density at radius 3 is 1.64 bits per heavy atom. The van der Waals surface area contributed by atoms with E-state index in [0.29, 0.717) is 0 Å². The van der Waals surface area contributed by atoms with E-state index in [2.05, 4.69) is 31.9 Å². The zero-order valence-electron chi connectivity index (χ0n) is 16.7. The second-order valence-electron chi connectivity index (χ2n) is 8.43. The van der Waals surface area contributed by atoms with Gasteiger partial charge in [0.05, 0.1) is 32.1 Å². The molecule has 8 heteroatoms. The van der Waals surface area contributed by atoms with Gasteiger partial charge in [-0.05, 0) is 40.5 Å². The van der Waals surface area contributed by atoms with Crippen LogP contribution in [0.5, 0.6) is 0 Å². The lowest BCUT2D eigenvalue weighted by Crippen LogP contribution is -2.56. The summed E-state index contributed by atoms with van der Waals surface area (Å²) in [5, 5.41) is 11.5. The molecule has 0 N–H and O–H groups in total. The Kier molecular flexibility index (Phi) is 4.33. The Hall–Kier alpha value is -2.48. The smallest absolute Gasteiger partial charge is 0.239 e. The molecule has 0 spiro atoms. The van der Waals surface area contributed by atoms with Crippen LogP contribution in [0, 0.1) is 11.8 Å². The number of nitrogens with zero attached hydrogens (tertiary/aromatic N) is 1. The summed E-state index contributed by atoms with van der Waals surface area (Å²) in [6, 6.07) is 19.6. The topological polar surface area (TPSA) is 77.5 Å². The van der Waals surface area contributed by atoms with Crippen LogP contribution in [-0.2, 0) is 18.2 Å². The molecule has 2 amide bonds. The van der Waals surface area contributed by atoms with Gasteiger partial charge in [-0.25, -0.2) is 4.90 Å². The van der Waals surface area contributed by atoms with E-state index in [4.69, 9.17) is 11.6 Å². The molecule has 0 unspecified atom stereocenters. The summed E-state index contributed by atoms with van der Waals surface area (Å²) in [4.78, 5) is 40.5. The molecule has 0 aromatic heterocycles. The largest absolute Gasteiger partial charge is 0.545 e. The lowest BCUT2D eigenvalue weighted by Gasteiger charge is -2.55. The number of hydrogen-bond donors (Lipinski definition) is 0. The number of anilines is 1. The Labute approximate surface area is 210 Å². The molecule has 1 aliphatic heterocycles. The molecule has 3 aromatic rings. The van der Waals surface area contributed by atoms with Gasteiger partial charge in [0.2, 0.25) is 11.8 Å². The third-order valence-electron chi connectivity index (χ3n) is 7.01. The first-order valence-corrected chi connectivity index (χ1v) is 12.1. The maximum absolute atomic E-state index is 13.9. The van der Waals surface area contributed by atoms with Crippen LogP contribution in [0.1, 0.15) is 32.6 Å². The molecular weight excluding hydrogens is 574 g/mol. The highest BCUT2D eigenvalue weighted by Crippen LogP contribution is 2.70. The number of carboxylic acid groups (broad SMARTS) is 1. The van der Waals surface area contributed by atoms with Crippen LogP contribution >= 0.6 is 43.5 Å². The van der Waals surface area contributed by atoms with E-state index in [1.807, 2.05) is 48.5 Å². The zero-order valence-corrected chi connectivity index (χ0v) is 20.6. The number of benzene rings is 3. The van der Waals surface area contributed by atoms with Gasteiger partial charge in [0.1, 0.15) is 0 Å². The van der Waals surface area contributed by atoms with Crippen LogP contribution in [0.4, 0.5) is 5.69 Å². The number of carbonyl (C=O) groups is 3. The first-order valence-electron chi connectivity index (χ1n) is 10.2. The minimum Gasteiger partial charge on any atom is -0.545 e. The van der Waals surface area contributed by atoms with Crippen molar-refractivity contribution in [2.45, 2.75) is 8.65 Å². The molecule has 0 radical (unpaired) electrons. The molecule has 1 heterocycles. The molecular formula is C25H13Br2ClNO4-. The van der Waals surface area contributed by atoms with Crippen molar-refractivity contribution in [3.8, 4) is 0 Å². The van der Waals surface area contributed by atoms with Crippen molar-refractivity contribution in [1.82, 2.24) is 0 Å². The fourth-order valence-corrected chi connectivity index (χ4v) is 8.23. The van der Waals surface area contributed by atoms with Crippen LogP contribution < -0.4 is 10.0 Å². The zero-order chi connectivity index (χ0) is 23.3. The first-order chi connectivity index (χ1) is 15.7. The monoisotopic (exact) mass is 584 g/mol. The number of carboxylic acids is 1. The normalized spacial score (nSPS) is 29.0. The van der Waals surface area contributed by atoms with Gasteiger partial charge in [-0.15, -0.1) is 0 Å². The lowest BCUT2D eigenvalue weighted by atomic mass is 9.54. The maximum atomic E-state index is 13.9. The van der Waals surface area contributed by atoms with Crippen molar-refractivity contribution in [1.29, 1.82) is 0 Å². The van der Waals surface area contributed by atoms with Gasteiger partial charge >= 0.3 is 0 Å². The fourth-order valence-electron chi connectivity index (χ4n) is 5.73. The SMILES string of the molecule is O=C([O-])c1cc(N2C(=O)[C@@H]3[C@H](C2=O)C2(Br)c4ccccc4C3(Br)c3ccccc32)ccc1Cl. The average Bonchev–Trinajstić information content (AvgIpc) is 3.09. The van der Waals surface area contributed by atoms with Gasteiger partial charge in [-0.1, -0.05) is 92.0 Å². The minimum atomic E-state index is -1.48. The third-order valence-corrected chi connectivity index (χ3v) is 10.0. The second-order valence-corrected chi connectivity index (χ2v) is 11.3. The van der Waals surface area contributed by atoms with E-state index in [9.17, 15) is 19.5 Å². The summed E-state index contributed by atoms with van der Waals surface area (Å²) in [5.74, 6) is -3.76. The predicted octanol–water partition coefficient (Wildman–Crippen LogP) is 4.11. The molecule has 7 rings (SSSR count). The van der Waals surface area contributed by atoms with E-state index in [1.54, 1.807) is 0 Å². The Bertz CT molecular complexity index is 1300. The van der Waals surface area contributed by atoms with Gasteiger partial charge in [-0.2, -0.15) is 0 Å². The first kappa shape index (κ1) is 21.1. The quantitative estimate of drug-likeness (QED) is 0.335. The summed E-state index contributed by atoms with van der Waals surface area (Å²) < 4.78 is -1.82. The lowest BCUT2D eigenvalue weighted by molar-refractivity contribution is -0.255. The van der Waals surface area contributed by atoms with Crippen molar-refractivity contribution in [3.63, 3.8) is 0 Å². The van der Waals surface area contributed by atoms with Gasteiger partial charge in [0, 0.05) is 10.6 Å². The molecule has 3 aliphatic carbocycles. The van der Waals surface area contributed by atoms with E-state index in [-0.39, 0.29) is 16.3 Å². The summed E-state index contributed by atoms with van der Waals surface area (Å²) in [6.07, 6.45) is 0. The van der Waals surface area contributed by atoms with Crippen molar-refractivity contribution in [3.05, 3.63) is 99.6 Å². The molecule has 1 fully saturated rings. The maximum Gasteiger partial charge on any atom is 0.239 e. The second kappa shape index (κ2) is 6.78.